The third-order valence-electron chi connectivity index (χ3n) is 2.63. The monoisotopic (exact) mass is 288 g/mol. The van der Waals surface area contributed by atoms with Gasteiger partial charge in [0.2, 0.25) is 0 Å². The summed E-state index contributed by atoms with van der Waals surface area (Å²) in [7, 11) is 0. The first-order valence-electron chi connectivity index (χ1n) is 5.65. The van der Waals surface area contributed by atoms with E-state index < -0.39 is 0 Å². The van der Waals surface area contributed by atoms with Crippen molar-refractivity contribution in [1.29, 1.82) is 0 Å². The number of thiazole rings is 1. The number of hydrogen-bond acceptors (Lipinski definition) is 3. The van der Waals surface area contributed by atoms with Crippen molar-refractivity contribution >= 4 is 44.2 Å². The van der Waals surface area contributed by atoms with Gasteiger partial charge < -0.3 is 0 Å². The molecule has 2 aromatic carbocycles. The van der Waals surface area contributed by atoms with Crippen molar-refractivity contribution in [3.8, 4) is 0 Å². The molecule has 0 aliphatic heterocycles. The highest BCUT2D eigenvalue weighted by Gasteiger charge is 2.12. The van der Waals surface area contributed by atoms with Crippen LogP contribution in [-0.4, -0.2) is 10.9 Å². The summed E-state index contributed by atoms with van der Waals surface area (Å²) in [5.74, 6) is -0.246. The summed E-state index contributed by atoms with van der Waals surface area (Å²) in [5, 5.41) is 3.78. The van der Waals surface area contributed by atoms with Crippen LogP contribution in [0.1, 0.15) is 10.4 Å². The van der Waals surface area contributed by atoms with Crippen molar-refractivity contribution in [3.63, 3.8) is 0 Å². The topological polar surface area (TPSA) is 42.0 Å². The zero-order valence-electron chi connectivity index (χ0n) is 9.76. The largest absolute Gasteiger partial charge is 0.298 e. The number of para-hydroxylation sites is 1. The number of carbonyl (C=O) groups is 1. The van der Waals surface area contributed by atoms with E-state index in [0.29, 0.717) is 15.7 Å². The van der Waals surface area contributed by atoms with Gasteiger partial charge in [-0.15, -0.1) is 0 Å². The number of amides is 1. The molecular weight excluding hydrogens is 280 g/mol. The first-order valence-corrected chi connectivity index (χ1v) is 6.85. The smallest absolute Gasteiger partial charge is 0.258 e. The highest BCUT2D eigenvalue weighted by Crippen LogP contribution is 2.26. The van der Waals surface area contributed by atoms with Gasteiger partial charge in [0.05, 0.1) is 20.8 Å². The molecule has 0 saturated heterocycles. The minimum Gasteiger partial charge on any atom is -0.298 e. The summed E-state index contributed by atoms with van der Waals surface area (Å²) < 4.78 is 1.04. The number of benzene rings is 2. The Morgan fingerprint density at radius 1 is 1.11 bits per heavy atom. The number of aromatic nitrogens is 1. The first kappa shape index (κ1) is 12.1. The molecule has 19 heavy (non-hydrogen) atoms. The van der Waals surface area contributed by atoms with Crippen LogP contribution >= 0.6 is 22.9 Å². The standard InChI is InChI=1S/C14H9ClN2OS/c15-10-6-2-1-5-9(10)13(18)17-14-16-11-7-3-4-8-12(11)19-14/h1-8H,(H,16,17,18). The van der Waals surface area contributed by atoms with Crippen LogP contribution in [0.2, 0.25) is 5.02 Å². The molecule has 3 aromatic rings. The third-order valence-corrected chi connectivity index (χ3v) is 3.91. The maximum Gasteiger partial charge on any atom is 0.258 e. The lowest BCUT2D eigenvalue weighted by Crippen LogP contribution is -2.11. The van der Waals surface area contributed by atoms with Crippen LogP contribution < -0.4 is 5.32 Å². The van der Waals surface area contributed by atoms with Gasteiger partial charge in [0.15, 0.2) is 5.13 Å². The lowest BCUT2D eigenvalue weighted by Gasteiger charge is -2.02. The Labute approximate surface area is 118 Å². The van der Waals surface area contributed by atoms with Crippen LogP contribution in [0.4, 0.5) is 5.13 Å². The molecule has 0 saturated carbocycles. The molecule has 0 radical (unpaired) electrons. The molecule has 3 rings (SSSR count). The number of hydrogen-bond donors (Lipinski definition) is 1. The molecule has 0 atom stereocenters. The average Bonchev–Trinajstić information content (AvgIpc) is 2.81. The number of fused-ring (bicyclic) bond motifs is 1. The van der Waals surface area contributed by atoms with Gasteiger partial charge in [-0.2, -0.15) is 0 Å². The second-order valence-electron chi connectivity index (χ2n) is 3.92. The summed E-state index contributed by atoms with van der Waals surface area (Å²) >= 11 is 7.43. The first-order chi connectivity index (χ1) is 9.24. The molecule has 1 aromatic heterocycles. The zero-order chi connectivity index (χ0) is 13.2. The second-order valence-corrected chi connectivity index (χ2v) is 5.36. The Morgan fingerprint density at radius 3 is 2.63 bits per heavy atom. The molecule has 0 bridgehead atoms. The van der Waals surface area contributed by atoms with Crippen LogP contribution in [0, 0.1) is 0 Å². The SMILES string of the molecule is O=C(Nc1nc2ccccc2s1)c1ccccc1Cl. The Hall–Kier alpha value is -1.91. The molecule has 3 nitrogen and oxygen atoms in total. The number of nitrogens with zero attached hydrogens (tertiary/aromatic N) is 1. The Morgan fingerprint density at radius 2 is 1.84 bits per heavy atom. The van der Waals surface area contributed by atoms with Crippen LogP contribution in [-0.2, 0) is 0 Å². The van der Waals surface area contributed by atoms with Gasteiger partial charge in [0.1, 0.15) is 0 Å². The molecule has 0 aliphatic rings. The number of rotatable bonds is 2. The van der Waals surface area contributed by atoms with Crippen molar-refractivity contribution in [2.24, 2.45) is 0 Å². The van der Waals surface area contributed by atoms with Gasteiger partial charge in [-0.3, -0.25) is 10.1 Å². The lowest BCUT2D eigenvalue weighted by molar-refractivity contribution is 0.102. The number of halogens is 1. The average molecular weight is 289 g/mol. The van der Waals surface area contributed by atoms with E-state index >= 15 is 0 Å². The van der Waals surface area contributed by atoms with Crippen molar-refractivity contribution in [3.05, 3.63) is 59.1 Å². The summed E-state index contributed by atoms with van der Waals surface area (Å²) in [6.07, 6.45) is 0. The lowest BCUT2D eigenvalue weighted by atomic mass is 10.2. The Balaban J connectivity index is 1.89. The van der Waals surface area contributed by atoms with Crippen molar-refractivity contribution in [2.45, 2.75) is 0 Å². The van der Waals surface area contributed by atoms with E-state index in [1.807, 2.05) is 24.3 Å². The van der Waals surface area contributed by atoms with Crippen LogP contribution in [0.5, 0.6) is 0 Å². The molecule has 0 unspecified atom stereocenters. The minimum absolute atomic E-state index is 0.246. The predicted octanol–water partition coefficient (Wildman–Crippen LogP) is 4.20. The van der Waals surface area contributed by atoms with E-state index in [0.717, 1.165) is 10.2 Å². The molecule has 94 valence electrons. The van der Waals surface area contributed by atoms with E-state index in [1.165, 1.54) is 11.3 Å². The third kappa shape index (κ3) is 2.45. The van der Waals surface area contributed by atoms with Crippen molar-refractivity contribution in [1.82, 2.24) is 4.98 Å². The van der Waals surface area contributed by atoms with Gasteiger partial charge in [0, 0.05) is 0 Å². The van der Waals surface area contributed by atoms with Gasteiger partial charge in [-0.25, -0.2) is 4.98 Å². The van der Waals surface area contributed by atoms with E-state index in [-0.39, 0.29) is 5.91 Å². The van der Waals surface area contributed by atoms with E-state index in [1.54, 1.807) is 24.3 Å². The molecule has 1 heterocycles. The maximum atomic E-state index is 12.1. The molecule has 0 fully saturated rings. The molecule has 1 N–H and O–H groups in total. The number of carbonyl (C=O) groups excluding carboxylic acids is 1. The van der Waals surface area contributed by atoms with Crippen molar-refractivity contribution < 1.29 is 4.79 Å². The normalized spacial score (nSPS) is 10.6. The summed E-state index contributed by atoms with van der Waals surface area (Å²) in [4.78, 5) is 16.4. The van der Waals surface area contributed by atoms with Crippen LogP contribution in [0.25, 0.3) is 10.2 Å². The molecule has 0 aliphatic carbocycles. The van der Waals surface area contributed by atoms with E-state index in [9.17, 15) is 4.79 Å². The molecule has 1 amide bonds. The van der Waals surface area contributed by atoms with Gasteiger partial charge >= 0.3 is 0 Å². The van der Waals surface area contributed by atoms with Crippen LogP contribution in [0.3, 0.4) is 0 Å². The predicted molar refractivity (Wildman–Crippen MR) is 79.0 cm³/mol. The summed E-state index contributed by atoms with van der Waals surface area (Å²) in [5.41, 5.74) is 1.32. The second kappa shape index (κ2) is 4.99. The Bertz CT molecular complexity index is 721. The molecule has 0 spiro atoms. The fourth-order valence-electron chi connectivity index (χ4n) is 1.74. The maximum absolute atomic E-state index is 12.1. The fourth-order valence-corrected chi connectivity index (χ4v) is 2.82. The van der Waals surface area contributed by atoms with E-state index in [4.69, 9.17) is 11.6 Å². The summed E-state index contributed by atoms with van der Waals surface area (Å²) in [6, 6.07) is 14.7. The van der Waals surface area contributed by atoms with Gasteiger partial charge in [-0.1, -0.05) is 47.2 Å². The highest BCUT2D eigenvalue weighted by molar-refractivity contribution is 7.22. The zero-order valence-corrected chi connectivity index (χ0v) is 11.3. The molecular formula is C14H9ClN2OS. The highest BCUT2D eigenvalue weighted by atomic mass is 35.5. The fraction of sp³-hybridized carbons (Fsp3) is 0. The molecule has 5 heteroatoms. The quantitative estimate of drug-likeness (QED) is 0.768. The van der Waals surface area contributed by atoms with E-state index in [2.05, 4.69) is 10.3 Å². The van der Waals surface area contributed by atoms with Gasteiger partial charge in [-0.05, 0) is 24.3 Å². The minimum atomic E-state index is -0.246. The Kier molecular flexibility index (Phi) is 3.19. The number of anilines is 1. The summed E-state index contributed by atoms with van der Waals surface area (Å²) in [6.45, 7) is 0. The van der Waals surface area contributed by atoms with Gasteiger partial charge in [0.25, 0.3) is 5.91 Å². The number of nitrogens with one attached hydrogen (secondary N) is 1. The van der Waals surface area contributed by atoms with Crippen molar-refractivity contribution in [2.75, 3.05) is 5.32 Å². The van der Waals surface area contributed by atoms with Crippen LogP contribution in [0.15, 0.2) is 48.5 Å².